The number of benzene rings is 1. The van der Waals surface area contributed by atoms with Crippen molar-refractivity contribution in [3.63, 3.8) is 0 Å². The standard InChI is InChI=1S/C16H24O4/c1-16(9-7-14(20-16)8-10-17)15(18)12-19-11-13-5-3-2-4-6-13/h2-6,14-15,17-18H,7-12H2,1H3/t14-,15+,16+/m1/s1. The lowest BCUT2D eigenvalue weighted by Crippen LogP contribution is -2.42. The van der Waals surface area contributed by atoms with Gasteiger partial charge in [-0.1, -0.05) is 30.3 Å². The maximum absolute atomic E-state index is 10.3. The summed E-state index contributed by atoms with van der Waals surface area (Å²) in [6.07, 6.45) is 1.72. The lowest BCUT2D eigenvalue weighted by atomic mass is 9.95. The Kier molecular flexibility index (Phi) is 5.54. The predicted octanol–water partition coefficient (Wildman–Crippen LogP) is 1.88. The molecule has 2 rings (SSSR count). The first-order chi connectivity index (χ1) is 9.64. The van der Waals surface area contributed by atoms with Crippen LogP contribution in [0.4, 0.5) is 0 Å². The molecule has 0 saturated carbocycles. The zero-order chi connectivity index (χ0) is 14.4. The Balaban J connectivity index is 1.75. The molecule has 4 heteroatoms. The van der Waals surface area contributed by atoms with E-state index in [0.29, 0.717) is 13.0 Å². The zero-order valence-electron chi connectivity index (χ0n) is 12.0. The zero-order valence-corrected chi connectivity index (χ0v) is 12.0. The molecule has 0 radical (unpaired) electrons. The third-order valence-corrected chi connectivity index (χ3v) is 3.94. The Bertz CT molecular complexity index is 395. The highest BCUT2D eigenvalue weighted by Crippen LogP contribution is 2.34. The maximum Gasteiger partial charge on any atom is 0.106 e. The van der Waals surface area contributed by atoms with Gasteiger partial charge in [-0.15, -0.1) is 0 Å². The summed E-state index contributed by atoms with van der Waals surface area (Å²) >= 11 is 0. The van der Waals surface area contributed by atoms with Gasteiger partial charge in [-0.3, -0.25) is 0 Å². The van der Waals surface area contributed by atoms with E-state index in [-0.39, 0.29) is 19.3 Å². The van der Waals surface area contributed by atoms with E-state index in [0.717, 1.165) is 18.4 Å². The summed E-state index contributed by atoms with van der Waals surface area (Å²) in [5.41, 5.74) is 0.534. The molecule has 20 heavy (non-hydrogen) atoms. The van der Waals surface area contributed by atoms with Gasteiger partial charge in [-0.2, -0.15) is 0 Å². The van der Waals surface area contributed by atoms with Crippen molar-refractivity contribution in [1.82, 2.24) is 0 Å². The maximum atomic E-state index is 10.3. The van der Waals surface area contributed by atoms with Gasteiger partial charge in [0.1, 0.15) is 6.10 Å². The molecule has 1 aliphatic heterocycles. The Hall–Kier alpha value is -0.940. The molecule has 0 unspecified atom stereocenters. The molecule has 1 aromatic rings. The van der Waals surface area contributed by atoms with Gasteiger partial charge in [0.25, 0.3) is 0 Å². The van der Waals surface area contributed by atoms with Gasteiger partial charge in [-0.05, 0) is 31.7 Å². The van der Waals surface area contributed by atoms with Crippen molar-refractivity contribution in [2.24, 2.45) is 0 Å². The molecule has 3 atom stereocenters. The quantitative estimate of drug-likeness (QED) is 0.800. The molecule has 1 heterocycles. The third-order valence-electron chi connectivity index (χ3n) is 3.94. The van der Waals surface area contributed by atoms with Crippen LogP contribution in [0.2, 0.25) is 0 Å². The van der Waals surface area contributed by atoms with Crippen LogP contribution in [-0.4, -0.2) is 41.2 Å². The molecule has 112 valence electrons. The van der Waals surface area contributed by atoms with E-state index in [4.69, 9.17) is 14.6 Å². The monoisotopic (exact) mass is 280 g/mol. The average molecular weight is 280 g/mol. The van der Waals surface area contributed by atoms with Gasteiger partial charge in [0.05, 0.1) is 24.9 Å². The first-order valence-electron chi connectivity index (χ1n) is 7.22. The van der Waals surface area contributed by atoms with Crippen LogP contribution in [0.15, 0.2) is 30.3 Å². The number of aliphatic hydroxyl groups is 2. The highest BCUT2D eigenvalue weighted by atomic mass is 16.5. The first-order valence-corrected chi connectivity index (χ1v) is 7.22. The SMILES string of the molecule is C[C@@]1([C@@H](O)COCc2ccccc2)CC[C@H](CCO)O1. The minimum absolute atomic E-state index is 0.0498. The van der Waals surface area contributed by atoms with Gasteiger partial charge >= 0.3 is 0 Å². The van der Waals surface area contributed by atoms with Gasteiger partial charge in [-0.25, -0.2) is 0 Å². The Labute approximate surface area is 120 Å². The normalized spacial score (nSPS) is 27.6. The molecule has 0 aliphatic carbocycles. The first kappa shape index (κ1) is 15.4. The Morgan fingerprint density at radius 2 is 2.15 bits per heavy atom. The molecule has 4 nitrogen and oxygen atoms in total. The number of hydrogen-bond acceptors (Lipinski definition) is 4. The van der Waals surface area contributed by atoms with Gasteiger partial charge in [0, 0.05) is 6.61 Å². The molecule has 1 saturated heterocycles. The minimum atomic E-state index is -0.644. The number of aliphatic hydroxyl groups excluding tert-OH is 2. The molecule has 0 spiro atoms. The molecule has 1 aromatic carbocycles. The Morgan fingerprint density at radius 1 is 1.40 bits per heavy atom. The fourth-order valence-corrected chi connectivity index (χ4v) is 2.58. The lowest BCUT2D eigenvalue weighted by molar-refractivity contribution is -0.131. The van der Waals surface area contributed by atoms with E-state index in [1.54, 1.807) is 0 Å². The van der Waals surface area contributed by atoms with Crippen LogP contribution in [0.1, 0.15) is 31.7 Å². The second-order valence-corrected chi connectivity index (χ2v) is 5.62. The van der Waals surface area contributed by atoms with Crippen molar-refractivity contribution >= 4 is 0 Å². The number of ether oxygens (including phenoxy) is 2. The topological polar surface area (TPSA) is 58.9 Å². The van der Waals surface area contributed by atoms with Crippen LogP contribution in [0.25, 0.3) is 0 Å². The minimum Gasteiger partial charge on any atom is -0.396 e. The van der Waals surface area contributed by atoms with Crippen LogP contribution in [0.3, 0.4) is 0 Å². The fourth-order valence-electron chi connectivity index (χ4n) is 2.58. The second-order valence-electron chi connectivity index (χ2n) is 5.62. The van der Waals surface area contributed by atoms with E-state index >= 15 is 0 Å². The summed E-state index contributed by atoms with van der Waals surface area (Å²) in [6, 6.07) is 9.90. The van der Waals surface area contributed by atoms with Gasteiger partial charge in [0.2, 0.25) is 0 Å². The number of rotatable bonds is 7. The highest BCUT2D eigenvalue weighted by Gasteiger charge is 2.41. The van der Waals surface area contributed by atoms with Crippen LogP contribution in [0.5, 0.6) is 0 Å². The van der Waals surface area contributed by atoms with Crippen LogP contribution in [0, 0.1) is 0 Å². The molecule has 0 amide bonds. The van der Waals surface area contributed by atoms with Crippen molar-refractivity contribution in [3.8, 4) is 0 Å². The van der Waals surface area contributed by atoms with E-state index in [1.165, 1.54) is 0 Å². The van der Waals surface area contributed by atoms with Crippen molar-refractivity contribution in [2.45, 2.75) is 50.6 Å². The summed E-state index contributed by atoms with van der Waals surface area (Å²) in [7, 11) is 0. The largest absolute Gasteiger partial charge is 0.396 e. The van der Waals surface area contributed by atoms with E-state index in [2.05, 4.69) is 0 Å². The fraction of sp³-hybridized carbons (Fsp3) is 0.625. The molecule has 1 aliphatic rings. The average Bonchev–Trinajstić information content (AvgIpc) is 2.83. The molecule has 1 fully saturated rings. The van der Waals surface area contributed by atoms with Crippen LogP contribution in [-0.2, 0) is 16.1 Å². The lowest BCUT2D eigenvalue weighted by Gasteiger charge is -2.30. The summed E-state index contributed by atoms with van der Waals surface area (Å²) < 4.78 is 11.4. The van der Waals surface area contributed by atoms with E-state index < -0.39 is 11.7 Å². The molecular formula is C16H24O4. The molecule has 0 bridgehead atoms. The van der Waals surface area contributed by atoms with Gasteiger partial charge < -0.3 is 19.7 Å². The van der Waals surface area contributed by atoms with E-state index in [1.807, 2.05) is 37.3 Å². The summed E-state index contributed by atoms with van der Waals surface area (Å²) in [6.45, 7) is 2.80. The molecular weight excluding hydrogens is 256 g/mol. The summed E-state index contributed by atoms with van der Waals surface area (Å²) in [5, 5.41) is 19.2. The van der Waals surface area contributed by atoms with Crippen LogP contribution >= 0.6 is 0 Å². The summed E-state index contributed by atoms with van der Waals surface area (Å²) in [4.78, 5) is 0. The van der Waals surface area contributed by atoms with Crippen LogP contribution < -0.4 is 0 Å². The summed E-state index contributed by atoms with van der Waals surface area (Å²) in [5.74, 6) is 0. The highest BCUT2D eigenvalue weighted by molar-refractivity contribution is 5.13. The second kappa shape index (κ2) is 7.18. The third kappa shape index (κ3) is 4.03. The molecule has 2 N–H and O–H groups in total. The molecule has 0 aromatic heterocycles. The Morgan fingerprint density at radius 3 is 2.85 bits per heavy atom. The van der Waals surface area contributed by atoms with E-state index in [9.17, 15) is 5.11 Å². The smallest absolute Gasteiger partial charge is 0.106 e. The van der Waals surface area contributed by atoms with Crippen molar-refractivity contribution < 1.29 is 19.7 Å². The van der Waals surface area contributed by atoms with Crippen molar-refractivity contribution in [3.05, 3.63) is 35.9 Å². The van der Waals surface area contributed by atoms with Crippen molar-refractivity contribution in [1.29, 1.82) is 0 Å². The number of hydrogen-bond donors (Lipinski definition) is 2. The van der Waals surface area contributed by atoms with Crippen molar-refractivity contribution in [2.75, 3.05) is 13.2 Å². The predicted molar refractivity (Wildman–Crippen MR) is 76.3 cm³/mol. The van der Waals surface area contributed by atoms with Gasteiger partial charge in [0.15, 0.2) is 0 Å².